The molecule has 0 bridgehead atoms. The smallest absolute Gasteiger partial charge is 0.408 e. The van der Waals surface area contributed by atoms with Gasteiger partial charge >= 0.3 is 6.09 Å². The second-order valence-corrected chi connectivity index (χ2v) is 7.89. The van der Waals surface area contributed by atoms with Crippen molar-refractivity contribution in [3.63, 3.8) is 0 Å². The Morgan fingerprint density at radius 2 is 2.04 bits per heavy atom. The van der Waals surface area contributed by atoms with E-state index in [0.29, 0.717) is 5.02 Å². The van der Waals surface area contributed by atoms with E-state index in [2.05, 4.69) is 15.3 Å². The maximum atomic E-state index is 12.3. The Bertz CT molecular complexity index is 645. The molecule has 2 rings (SSSR count). The highest BCUT2D eigenvalue weighted by molar-refractivity contribution is 6.30. The van der Waals surface area contributed by atoms with Gasteiger partial charge in [0.1, 0.15) is 5.60 Å². The van der Waals surface area contributed by atoms with Crippen molar-refractivity contribution >= 4 is 17.7 Å². The number of carbonyl (C=O) groups is 1. The molecular weight excluding hydrogens is 340 g/mol. The number of nitrogens with one attached hydrogen (secondary N) is 1. The molecule has 0 heterocycles. The predicted molar refractivity (Wildman–Crippen MR) is 98.5 cm³/mol. The van der Waals surface area contributed by atoms with Gasteiger partial charge in [-0.05, 0) is 75.6 Å². The first-order valence-electron chi connectivity index (χ1n) is 8.57. The first-order valence-corrected chi connectivity index (χ1v) is 8.95. The van der Waals surface area contributed by atoms with E-state index in [9.17, 15) is 4.79 Å². The van der Waals surface area contributed by atoms with Crippen LogP contribution in [0.25, 0.3) is 10.4 Å². The minimum Gasteiger partial charge on any atom is -0.444 e. The lowest BCUT2D eigenvalue weighted by molar-refractivity contribution is 0.0474. The number of ether oxygens (including phenoxy) is 1. The molecule has 1 saturated carbocycles. The highest BCUT2D eigenvalue weighted by Crippen LogP contribution is 2.36. The topological polar surface area (TPSA) is 87.1 Å². The van der Waals surface area contributed by atoms with Crippen LogP contribution in [0.4, 0.5) is 4.79 Å². The molecule has 136 valence electrons. The third-order valence-electron chi connectivity index (χ3n) is 4.31. The summed E-state index contributed by atoms with van der Waals surface area (Å²) in [7, 11) is 0. The molecule has 7 heteroatoms. The van der Waals surface area contributed by atoms with Crippen molar-refractivity contribution < 1.29 is 9.53 Å². The van der Waals surface area contributed by atoms with E-state index in [1.165, 1.54) is 0 Å². The molecule has 1 aliphatic rings. The van der Waals surface area contributed by atoms with Crippen LogP contribution in [0.15, 0.2) is 29.4 Å². The summed E-state index contributed by atoms with van der Waals surface area (Å²) < 4.78 is 5.42. The Balaban J connectivity index is 2.15. The lowest BCUT2D eigenvalue weighted by Gasteiger charge is -2.34. The third kappa shape index (κ3) is 6.15. The Morgan fingerprint density at radius 1 is 1.36 bits per heavy atom. The number of halogens is 1. The SMILES string of the molecule is CC(C)(C)OC(=O)NC(c1cccc(Cl)c1)C1CCC(N=[N+]=[N-])CC1. The van der Waals surface area contributed by atoms with E-state index >= 15 is 0 Å². The van der Waals surface area contributed by atoms with Crippen LogP contribution in [0.1, 0.15) is 58.1 Å². The van der Waals surface area contributed by atoms with Crippen LogP contribution < -0.4 is 5.32 Å². The highest BCUT2D eigenvalue weighted by atomic mass is 35.5. The molecule has 0 radical (unpaired) electrons. The number of nitrogens with zero attached hydrogens (tertiary/aromatic N) is 3. The van der Waals surface area contributed by atoms with Crippen molar-refractivity contribution in [1.82, 2.24) is 5.32 Å². The number of hydrogen-bond acceptors (Lipinski definition) is 3. The molecule has 1 atom stereocenters. The lowest BCUT2D eigenvalue weighted by atomic mass is 9.79. The lowest BCUT2D eigenvalue weighted by Crippen LogP contribution is -2.39. The van der Waals surface area contributed by atoms with Gasteiger partial charge in [-0.15, -0.1) is 0 Å². The third-order valence-corrected chi connectivity index (χ3v) is 4.54. The van der Waals surface area contributed by atoms with Gasteiger partial charge in [-0.1, -0.05) is 28.8 Å². The zero-order chi connectivity index (χ0) is 18.4. The molecule has 1 aromatic rings. The van der Waals surface area contributed by atoms with Crippen molar-refractivity contribution in [2.45, 2.75) is 64.1 Å². The molecule has 1 N–H and O–H groups in total. The van der Waals surface area contributed by atoms with Gasteiger partial charge in [0.05, 0.1) is 6.04 Å². The Hall–Kier alpha value is -1.91. The minimum absolute atomic E-state index is 0.0442. The van der Waals surface area contributed by atoms with Crippen molar-refractivity contribution in [2.24, 2.45) is 11.0 Å². The molecule has 0 aromatic heterocycles. The molecule has 1 fully saturated rings. The second kappa shape index (κ2) is 8.45. The van der Waals surface area contributed by atoms with Gasteiger partial charge in [-0.2, -0.15) is 0 Å². The average molecular weight is 365 g/mol. The largest absolute Gasteiger partial charge is 0.444 e. The summed E-state index contributed by atoms with van der Waals surface area (Å²) in [5.74, 6) is 0.246. The van der Waals surface area contributed by atoms with Gasteiger partial charge in [0.25, 0.3) is 0 Å². The van der Waals surface area contributed by atoms with Crippen molar-refractivity contribution in [2.75, 3.05) is 0 Å². The molecule has 0 saturated heterocycles. The van der Waals surface area contributed by atoms with Gasteiger partial charge < -0.3 is 10.1 Å². The number of carbonyl (C=O) groups excluding carboxylic acids is 1. The fraction of sp³-hybridized carbons (Fsp3) is 0.611. The standard InChI is InChI=1S/C18H25ClN4O2/c1-18(2,3)25-17(24)21-16(13-5-4-6-14(19)11-13)12-7-9-15(10-8-12)22-23-20/h4-6,11-12,15-16H,7-10H2,1-3H3,(H,21,24). The number of rotatable bonds is 4. The van der Waals surface area contributed by atoms with Crippen LogP contribution in [0.2, 0.25) is 5.02 Å². The molecule has 1 aliphatic carbocycles. The quantitative estimate of drug-likeness (QED) is 0.417. The Morgan fingerprint density at radius 3 is 2.60 bits per heavy atom. The van der Waals surface area contributed by atoms with Crippen LogP contribution in [-0.4, -0.2) is 17.7 Å². The molecule has 1 amide bonds. The van der Waals surface area contributed by atoms with Gasteiger partial charge in [-0.25, -0.2) is 4.79 Å². The Kier molecular flexibility index (Phi) is 6.57. The van der Waals surface area contributed by atoms with Gasteiger partial charge in [-0.3, -0.25) is 0 Å². The zero-order valence-electron chi connectivity index (χ0n) is 14.9. The predicted octanol–water partition coefficient (Wildman–Crippen LogP) is 5.77. The maximum absolute atomic E-state index is 12.3. The van der Waals surface area contributed by atoms with Crippen molar-refractivity contribution in [1.29, 1.82) is 0 Å². The van der Waals surface area contributed by atoms with E-state index in [1.54, 1.807) is 0 Å². The number of benzene rings is 1. The number of alkyl carbamates (subject to hydrolysis) is 1. The monoisotopic (exact) mass is 364 g/mol. The zero-order valence-corrected chi connectivity index (χ0v) is 15.7. The molecule has 1 aromatic carbocycles. The fourth-order valence-corrected chi connectivity index (χ4v) is 3.43. The maximum Gasteiger partial charge on any atom is 0.408 e. The van der Waals surface area contributed by atoms with Crippen LogP contribution >= 0.6 is 11.6 Å². The Labute approximate surface area is 153 Å². The van der Waals surface area contributed by atoms with Gasteiger partial charge in [0.15, 0.2) is 0 Å². The average Bonchev–Trinajstić information content (AvgIpc) is 2.52. The summed E-state index contributed by atoms with van der Waals surface area (Å²) in [4.78, 5) is 15.2. The summed E-state index contributed by atoms with van der Waals surface area (Å²) >= 11 is 6.14. The van der Waals surface area contributed by atoms with Crippen molar-refractivity contribution in [3.8, 4) is 0 Å². The van der Waals surface area contributed by atoms with E-state index in [4.69, 9.17) is 21.9 Å². The molecular formula is C18H25ClN4O2. The van der Waals surface area contributed by atoms with Crippen LogP contribution in [0.5, 0.6) is 0 Å². The van der Waals surface area contributed by atoms with E-state index < -0.39 is 11.7 Å². The first-order chi connectivity index (χ1) is 11.8. The number of hydrogen-bond donors (Lipinski definition) is 1. The fourth-order valence-electron chi connectivity index (χ4n) is 3.23. The number of amides is 1. The summed E-state index contributed by atoms with van der Waals surface area (Å²) in [6.07, 6.45) is 2.95. The minimum atomic E-state index is -0.553. The highest BCUT2D eigenvalue weighted by Gasteiger charge is 2.30. The summed E-state index contributed by atoms with van der Waals surface area (Å²) in [5, 5.41) is 7.47. The molecule has 0 aliphatic heterocycles. The molecule has 0 spiro atoms. The molecule has 6 nitrogen and oxygen atoms in total. The van der Waals surface area contributed by atoms with Crippen LogP contribution in [0, 0.1) is 5.92 Å². The summed E-state index contributed by atoms with van der Waals surface area (Å²) in [6, 6.07) is 7.40. The first kappa shape index (κ1) is 19.4. The normalized spacial score (nSPS) is 21.8. The van der Waals surface area contributed by atoms with E-state index in [1.807, 2.05) is 45.0 Å². The summed E-state index contributed by atoms with van der Waals surface area (Å²) in [6.45, 7) is 5.52. The molecule has 1 unspecified atom stereocenters. The molecule has 25 heavy (non-hydrogen) atoms. The summed E-state index contributed by atoms with van der Waals surface area (Å²) in [5.41, 5.74) is 9.01. The van der Waals surface area contributed by atoms with Gasteiger partial charge in [0.2, 0.25) is 0 Å². The van der Waals surface area contributed by atoms with E-state index in [-0.39, 0.29) is 18.0 Å². The van der Waals surface area contributed by atoms with Crippen molar-refractivity contribution in [3.05, 3.63) is 45.3 Å². The van der Waals surface area contributed by atoms with Crippen LogP contribution in [-0.2, 0) is 4.74 Å². The second-order valence-electron chi connectivity index (χ2n) is 7.45. The number of azide groups is 1. The van der Waals surface area contributed by atoms with Gasteiger partial charge in [0, 0.05) is 16.0 Å². The van der Waals surface area contributed by atoms with E-state index in [0.717, 1.165) is 31.2 Å². The van der Waals surface area contributed by atoms with Crippen LogP contribution in [0.3, 0.4) is 0 Å².